The maximum atomic E-state index is 11.9. The van der Waals surface area contributed by atoms with Gasteiger partial charge in [-0.05, 0) is 18.9 Å². The van der Waals surface area contributed by atoms with Crippen LogP contribution in [0.3, 0.4) is 0 Å². The molecule has 1 fully saturated rings. The standard InChI is InChI=1S/C13H13NO5/c1-18-11(16)13(12(17)19-2)4-7-3-10(15)9(6-14)8(7)5-13/h3,8-9H,4-5H2,1-2H3/t8-,9+/m1/s1. The first-order chi connectivity index (χ1) is 9.00. The molecule has 0 saturated heterocycles. The topological polar surface area (TPSA) is 93.5 Å². The van der Waals surface area contributed by atoms with Crippen LogP contribution in [0.5, 0.6) is 0 Å². The smallest absolute Gasteiger partial charge is 0.323 e. The Morgan fingerprint density at radius 3 is 2.42 bits per heavy atom. The fourth-order valence-electron chi connectivity index (χ4n) is 2.96. The molecule has 1 saturated carbocycles. The number of carbonyl (C=O) groups excluding carboxylic acids is 3. The van der Waals surface area contributed by atoms with Gasteiger partial charge in [0.1, 0.15) is 5.92 Å². The van der Waals surface area contributed by atoms with Gasteiger partial charge in [-0.25, -0.2) is 0 Å². The molecule has 0 bridgehead atoms. The zero-order valence-electron chi connectivity index (χ0n) is 10.6. The lowest BCUT2D eigenvalue weighted by atomic mass is 9.82. The largest absolute Gasteiger partial charge is 0.468 e. The van der Waals surface area contributed by atoms with Crippen LogP contribution in [-0.2, 0) is 23.9 Å². The second kappa shape index (κ2) is 4.50. The van der Waals surface area contributed by atoms with E-state index < -0.39 is 29.2 Å². The Hall–Kier alpha value is -2.16. The Balaban J connectivity index is 2.40. The summed E-state index contributed by atoms with van der Waals surface area (Å²) in [4.78, 5) is 35.4. The highest BCUT2D eigenvalue weighted by Gasteiger charge is 2.59. The molecule has 0 radical (unpaired) electrons. The van der Waals surface area contributed by atoms with E-state index in [1.54, 1.807) is 0 Å². The lowest BCUT2D eigenvalue weighted by Crippen LogP contribution is -2.39. The summed E-state index contributed by atoms with van der Waals surface area (Å²) in [6.07, 6.45) is 1.54. The molecule has 2 aliphatic carbocycles. The highest BCUT2D eigenvalue weighted by Crippen LogP contribution is 2.52. The molecule has 0 amide bonds. The molecule has 0 unspecified atom stereocenters. The third kappa shape index (κ3) is 1.73. The molecular formula is C13H13NO5. The summed E-state index contributed by atoms with van der Waals surface area (Å²) in [6.45, 7) is 0. The number of ether oxygens (including phenoxy) is 2. The van der Waals surface area contributed by atoms with Crippen molar-refractivity contribution in [1.29, 1.82) is 5.26 Å². The van der Waals surface area contributed by atoms with Crippen LogP contribution in [0.15, 0.2) is 11.6 Å². The quantitative estimate of drug-likeness (QED) is 0.528. The molecule has 2 aliphatic rings. The van der Waals surface area contributed by atoms with E-state index in [0.29, 0.717) is 5.57 Å². The third-order valence-corrected chi connectivity index (χ3v) is 3.88. The molecule has 0 aromatic heterocycles. The van der Waals surface area contributed by atoms with Crippen molar-refractivity contribution in [1.82, 2.24) is 0 Å². The van der Waals surface area contributed by atoms with E-state index in [0.717, 1.165) is 0 Å². The van der Waals surface area contributed by atoms with Gasteiger partial charge in [-0.2, -0.15) is 5.26 Å². The Morgan fingerprint density at radius 1 is 1.37 bits per heavy atom. The Labute approximate surface area is 110 Å². The highest BCUT2D eigenvalue weighted by molar-refractivity contribution is 6.04. The van der Waals surface area contributed by atoms with Crippen LogP contribution in [0.1, 0.15) is 12.8 Å². The average Bonchev–Trinajstić information content (AvgIpc) is 2.90. The van der Waals surface area contributed by atoms with E-state index in [9.17, 15) is 14.4 Å². The average molecular weight is 263 g/mol. The van der Waals surface area contributed by atoms with Crippen molar-refractivity contribution in [3.05, 3.63) is 11.6 Å². The van der Waals surface area contributed by atoms with Crippen LogP contribution < -0.4 is 0 Å². The number of carbonyl (C=O) groups is 3. The second-order valence-electron chi connectivity index (χ2n) is 4.78. The SMILES string of the molecule is COC(=O)C1(C(=O)OC)CC2=CC(=O)[C@@H](C#N)[C@@H]2C1. The number of ketones is 1. The predicted octanol–water partition coefficient (Wildman–Crippen LogP) is 0.378. The summed E-state index contributed by atoms with van der Waals surface area (Å²) in [5, 5.41) is 9.01. The highest BCUT2D eigenvalue weighted by atomic mass is 16.5. The molecule has 0 aromatic rings. The van der Waals surface area contributed by atoms with E-state index in [-0.39, 0.29) is 18.6 Å². The van der Waals surface area contributed by atoms with Crippen molar-refractivity contribution in [2.24, 2.45) is 17.3 Å². The second-order valence-corrected chi connectivity index (χ2v) is 4.78. The van der Waals surface area contributed by atoms with Gasteiger partial charge >= 0.3 is 11.9 Å². The zero-order chi connectivity index (χ0) is 14.2. The fourth-order valence-corrected chi connectivity index (χ4v) is 2.96. The lowest BCUT2D eigenvalue weighted by molar-refractivity contribution is -0.169. The summed E-state index contributed by atoms with van der Waals surface area (Å²) in [5.74, 6) is -2.83. The first-order valence-corrected chi connectivity index (χ1v) is 5.81. The number of rotatable bonds is 2. The van der Waals surface area contributed by atoms with Gasteiger partial charge in [0.15, 0.2) is 11.2 Å². The number of methoxy groups -OCH3 is 2. The van der Waals surface area contributed by atoms with Crippen LogP contribution in [0.25, 0.3) is 0 Å². The molecule has 0 N–H and O–H groups in total. The van der Waals surface area contributed by atoms with Crippen LogP contribution >= 0.6 is 0 Å². The minimum atomic E-state index is -1.42. The molecule has 2 rings (SSSR count). The van der Waals surface area contributed by atoms with Gasteiger partial charge < -0.3 is 9.47 Å². The van der Waals surface area contributed by atoms with Gasteiger partial charge in [-0.1, -0.05) is 5.57 Å². The summed E-state index contributed by atoms with van der Waals surface area (Å²) < 4.78 is 9.37. The summed E-state index contributed by atoms with van der Waals surface area (Å²) in [5.41, 5.74) is -0.761. The summed E-state index contributed by atoms with van der Waals surface area (Å²) >= 11 is 0. The number of hydrogen-bond donors (Lipinski definition) is 0. The minimum Gasteiger partial charge on any atom is -0.468 e. The van der Waals surface area contributed by atoms with Crippen molar-refractivity contribution in [2.45, 2.75) is 12.8 Å². The number of nitriles is 1. The molecule has 2 atom stereocenters. The number of nitrogens with zero attached hydrogens (tertiary/aromatic N) is 1. The molecule has 6 nitrogen and oxygen atoms in total. The lowest BCUT2D eigenvalue weighted by Gasteiger charge is -2.23. The van der Waals surface area contributed by atoms with Crippen molar-refractivity contribution in [2.75, 3.05) is 14.2 Å². The zero-order valence-corrected chi connectivity index (χ0v) is 10.6. The van der Waals surface area contributed by atoms with Crippen molar-refractivity contribution in [3.63, 3.8) is 0 Å². The number of esters is 2. The van der Waals surface area contributed by atoms with Crippen LogP contribution in [0.4, 0.5) is 0 Å². The van der Waals surface area contributed by atoms with Crippen LogP contribution in [0, 0.1) is 28.6 Å². The molecule has 0 aliphatic heterocycles. The van der Waals surface area contributed by atoms with Gasteiger partial charge in [0, 0.05) is 5.92 Å². The molecule has 19 heavy (non-hydrogen) atoms. The van der Waals surface area contributed by atoms with Gasteiger partial charge in [0.05, 0.1) is 20.3 Å². The van der Waals surface area contributed by atoms with Crippen molar-refractivity contribution < 1.29 is 23.9 Å². The number of hydrogen-bond acceptors (Lipinski definition) is 6. The van der Waals surface area contributed by atoms with E-state index >= 15 is 0 Å². The molecular weight excluding hydrogens is 250 g/mol. The van der Waals surface area contributed by atoms with Crippen LogP contribution in [-0.4, -0.2) is 31.9 Å². The summed E-state index contributed by atoms with van der Waals surface area (Å²) in [6, 6.07) is 1.93. The fraction of sp³-hybridized carbons (Fsp3) is 0.538. The van der Waals surface area contributed by atoms with E-state index in [4.69, 9.17) is 5.26 Å². The molecule has 0 aromatic carbocycles. The number of fused-ring (bicyclic) bond motifs is 1. The van der Waals surface area contributed by atoms with Gasteiger partial charge in [0.25, 0.3) is 0 Å². The van der Waals surface area contributed by atoms with Crippen molar-refractivity contribution in [3.8, 4) is 6.07 Å². The van der Waals surface area contributed by atoms with E-state index in [1.165, 1.54) is 20.3 Å². The maximum absolute atomic E-state index is 11.9. The van der Waals surface area contributed by atoms with Gasteiger partial charge in [-0.15, -0.1) is 0 Å². The molecule has 100 valence electrons. The van der Waals surface area contributed by atoms with E-state index in [2.05, 4.69) is 9.47 Å². The predicted molar refractivity (Wildman–Crippen MR) is 61.4 cm³/mol. The Kier molecular flexibility index (Phi) is 3.14. The first-order valence-electron chi connectivity index (χ1n) is 5.81. The monoisotopic (exact) mass is 263 g/mol. The molecule has 0 heterocycles. The van der Waals surface area contributed by atoms with E-state index in [1.807, 2.05) is 6.07 Å². The summed E-state index contributed by atoms with van der Waals surface area (Å²) in [7, 11) is 2.39. The molecule has 6 heteroatoms. The molecule has 0 spiro atoms. The van der Waals surface area contributed by atoms with Gasteiger partial charge in [0.2, 0.25) is 0 Å². The normalized spacial score (nSPS) is 27.2. The third-order valence-electron chi connectivity index (χ3n) is 3.88. The van der Waals surface area contributed by atoms with Crippen LogP contribution in [0.2, 0.25) is 0 Å². The Morgan fingerprint density at radius 2 is 1.95 bits per heavy atom. The number of allylic oxidation sites excluding steroid dienone is 2. The van der Waals surface area contributed by atoms with Gasteiger partial charge in [-0.3, -0.25) is 14.4 Å². The van der Waals surface area contributed by atoms with Crippen molar-refractivity contribution >= 4 is 17.7 Å². The first kappa shape index (κ1) is 13.3. The maximum Gasteiger partial charge on any atom is 0.323 e. The minimum absolute atomic E-state index is 0.0843. The Bertz CT molecular complexity index is 512.